The number of ether oxygens (including phenoxy) is 1. The Hall–Kier alpha value is -2.38. The van der Waals surface area contributed by atoms with Crippen LogP contribution in [0.2, 0.25) is 0 Å². The molecule has 1 aliphatic rings. The minimum absolute atomic E-state index is 0.0208. The van der Waals surface area contributed by atoms with E-state index < -0.39 is 11.6 Å². The fourth-order valence-corrected chi connectivity index (χ4v) is 3.61. The maximum Gasteiger partial charge on any atom is 0.197 e. The molecule has 1 heterocycles. The van der Waals surface area contributed by atoms with Crippen LogP contribution in [0.3, 0.4) is 0 Å². The van der Waals surface area contributed by atoms with Crippen molar-refractivity contribution in [2.45, 2.75) is 52.1 Å². The predicted octanol–water partition coefficient (Wildman–Crippen LogP) is 6.78. The normalized spacial score (nSPS) is 13.7. The third-order valence-corrected chi connectivity index (χ3v) is 5.52. The molecular weight excluding hydrogens is 418 g/mol. The molecule has 31 heavy (non-hydrogen) atoms. The van der Waals surface area contributed by atoms with Crippen molar-refractivity contribution in [2.75, 3.05) is 5.75 Å². The Balaban J connectivity index is 0.000000628. The number of rotatable bonds is 6. The predicted molar refractivity (Wildman–Crippen MR) is 121 cm³/mol. The molecular formula is C24H28F2N2O2S. The Morgan fingerprint density at radius 3 is 2.58 bits per heavy atom. The number of oxazole rings is 1. The Bertz CT molecular complexity index is 985. The molecule has 0 aliphatic heterocycles. The molecule has 0 unspecified atom stereocenters. The van der Waals surface area contributed by atoms with E-state index in [1.165, 1.54) is 36.9 Å². The smallest absolute Gasteiger partial charge is 0.197 e. The van der Waals surface area contributed by atoms with Crippen LogP contribution >= 0.6 is 11.9 Å². The number of aryl methyl sites for hydroxylation is 1. The Morgan fingerprint density at radius 2 is 1.87 bits per heavy atom. The number of para-hydroxylation sites is 1. The molecule has 0 spiro atoms. The lowest BCUT2D eigenvalue weighted by Crippen LogP contribution is -2.01. The fourth-order valence-electron chi connectivity index (χ4n) is 3.61. The lowest BCUT2D eigenvalue weighted by Gasteiger charge is -2.13. The van der Waals surface area contributed by atoms with E-state index in [0.717, 1.165) is 30.0 Å². The summed E-state index contributed by atoms with van der Waals surface area (Å²) in [4.78, 5) is 4.48. The van der Waals surface area contributed by atoms with Crippen LogP contribution in [0.25, 0.3) is 11.1 Å². The van der Waals surface area contributed by atoms with Crippen molar-refractivity contribution in [3.8, 4) is 16.9 Å². The van der Waals surface area contributed by atoms with Crippen molar-refractivity contribution < 1.29 is 17.9 Å². The number of halogens is 2. The van der Waals surface area contributed by atoms with Gasteiger partial charge in [-0.2, -0.15) is 0 Å². The van der Waals surface area contributed by atoms with Gasteiger partial charge in [0.25, 0.3) is 0 Å². The van der Waals surface area contributed by atoms with E-state index in [1.54, 1.807) is 30.5 Å². The van der Waals surface area contributed by atoms with Gasteiger partial charge in [0.1, 0.15) is 24.4 Å². The van der Waals surface area contributed by atoms with Gasteiger partial charge in [0.05, 0.1) is 0 Å². The first-order valence-corrected chi connectivity index (χ1v) is 11.5. The number of nitrogens with zero attached hydrogens (tertiary/aromatic N) is 1. The molecule has 0 radical (unpaired) electrons. The lowest BCUT2D eigenvalue weighted by atomic mass is 10.0. The summed E-state index contributed by atoms with van der Waals surface area (Å²) in [6.45, 7) is 3.95. The van der Waals surface area contributed by atoms with Crippen molar-refractivity contribution in [3.05, 3.63) is 71.4 Å². The summed E-state index contributed by atoms with van der Waals surface area (Å²) in [5.74, 6) is 1.18. The zero-order valence-electron chi connectivity index (χ0n) is 17.9. The van der Waals surface area contributed by atoms with Gasteiger partial charge in [-0.15, -0.1) is 0 Å². The highest BCUT2D eigenvalue weighted by Crippen LogP contribution is 2.36. The molecule has 1 aromatic heterocycles. The Morgan fingerprint density at radius 1 is 1.13 bits per heavy atom. The van der Waals surface area contributed by atoms with Crippen LogP contribution in [0.4, 0.5) is 8.78 Å². The van der Waals surface area contributed by atoms with Gasteiger partial charge < -0.3 is 9.15 Å². The maximum atomic E-state index is 14.4. The van der Waals surface area contributed by atoms with E-state index >= 15 is 0 Å². The molecule has 4 nitrogen and oxygen atoms in total. The van der Waals surface area contributed by atoms with Crippen LogP contribution in [-0.4, -0.2) is 10.7 Å². The molecule has 0 amide bonds. The van der Waals surface area contributed by atoms with Gasteiger partial charge in [-0.3, -0.25) is 5.14 Å². The van der Waals surface area contributed by atoms with Crippen LogP contribution in [0.15, 0.2) is 47.1 Å². The molecule has 0 bridgehead atoms. The van der Waals surface area contributed by atoms with Gasteiger partial charge in [0.15, 0.2) is 17.5 Å². The highest BCUT2D eigenvalue weighted by Gasteiger charge is 2.22. The number of hydrogen-bond acceptors (Lipinski definition) is 5. The third kappa shape index (κ3) is 6.08. The fraction of sp³-hybridized carbons (Fsp3) is 0.375. The second-order valence-corrected chi connectivity index (χ2v) is 8.41. The van der Waals surface area contributed by atoms with Crippen molar-refractivity contribution in [2.24, 2.45) is 5.14 Å². The first-order chi connectivity index (χ1) is 15.0. The molecule has 4 rings (SSSR count). The van der Waals surface area contributed by atoms with Gasteiger partial charge in [0.2, 0.25) is 0 Å². The lowest BCUT2D eigenvalue weighted by molar-refractivity contribution is 0.287. The van der Waals surface area contributed by atoms with Gasteiger partial charge in [0, 0.05) is 22.8 Å². The average Bonchev–Trinajstić information content (AvgIpc) is 3.46. The quantitative estimate of drug-likeness (QED) is 0.423. The van der Waals surface area contributed by atoms with E-state index in [0.29, 0.717) is 22.7 Å². The summed E-state index contributed by atoms with van der Waals surface area (Å²) in [5.41, 5.74) is 2.20. The van der Waals surface area contributed by atoms with Crippen molar-refractivity contribution >= 4 is 11.9 Å². The van der Waals surface area contributed by atoms with E-state index in [9.17, 15) is 8.78 Å². The summed E-state index contributed by atoms with van der Waals surface area (Å²) >= 11 is 1.36. The van der Waals surface area contributed by atoms with Crippen LogP contribution in [-0.2, 0) is 6.61 Å². The molecule has 2 N–H and O–H groups in total. The minimum Gasteiger partial charge on any atom is -0.483 e. The highest BCUT2D eigenvalue weighted by atomic mass is 32.2. The van der Waals surface area contributed by atoms with Crippen LogP contribution in [0.5, 0.6) is 5.75 Å². The maximum absolute atomic E-state index is 14.4. The van der Waals surface area contributed by atoms with Crippen LogP contribution in [0, 0.1) is 18.6 Å². The summed E-state index contributed by atoms with van der Waals surface area (Å²) in [6.07, 6.45) is 6.12. The van der Waals surface area contributed by atoms with Gasteiger partial charge in [-0.25, -0.2) is 13.8 Å². The van der Waals surface area contributed by atoms with E-state index in [1.807, 2.05) is 13.8 Å². The van der Waals surface area contributed by atoms with E-state index in [4.69, 9.17) is 14.3 Å². The summed E-state index contributed by atoms with van der Waals surface area (Å²) < 4.78 is 40.0. The zero-order valence-corrected chi connectivity index (χ0v) is 18.7. The number of nitrogens with two attached hydrogens (primary N) is 1. The molecule has 1 fully saturated rings. The first kappa shape index (κ1) is 23.3. The van der Waals surface area contributed by atoms with Crippen LogP contribution in [0.1, 0.15) is 55.7 Å². The van der Waals surface area contributed by atoms with Crippen molar-refractivity contribution in [1.82, 2.24) is 4.98 Å². The standard InChI is InChI=1S/C22H21F2NO2.C2H7NS/c1-14-9-10-19(23)18(11-14)17-7-4-8-20(24)21(17)26-12-16-13-27-22(25-16)15-5-2-3-6-15;1-2-4-3/h4,7-11,13,15H,2-3,5-6,12H2,1H3;2-3H2,1H3. The van der Waals surface area contributed by atoms with Crippen molar-refractivity contribution in [3.63, 3.8) is 0 Å². The minimum atomic E-state index is -0.534. The van der Waals surface area contributed by atoms with E-state index in [-0.39, 0.29) is 12.4 Å². The van der Waals surface area contributed by atoms with Gasteiger partial charge >= 0.3 is 0 Å². The second kappa shape index (κ2) is 11.3. The van der Waals surface area contributed by atoms with E-state index in [2.05, 4.69) is 4.98 Å². The first-order valence-electron chi connectivity index (χ1n) is 10.5. The Labute approximate surface area is 186 Å². The van der Waals surface area contributed by atoms with Crippen molar-refractivity contribution in [1.29, 1.82) is 0 Å². The molecule has 1 aliphatic carbocycles. The van der Waals surface area contributed by atoms with Crippen LogP contribution < -0.4 is 9.88 Å². The third-order valence-electron chi connectivity index (χ3n) is 5.18. The molecule has 2 aromatic carbocycles. The average molecular weight is 447 g/mol. The Kier molecular flexibility index (Phi) is 8.49. The summed E-state index contributed by atoms with van der Waals surface area (Å²) in [5, 5.41) is 4.94. The van der Waals surface area contributed by atoms with Gasteiger partial charge in [-0.1, -0.05) is 55.5 Å². The molecule has 3 aromatic rings. The molecule has 0 atom stereocenters. The SMILES string of the molecule is CCSN.Cc1ccc(F)c(-c2cccc(F)c2OCc2coc(C3CCCC3)n2)c1. The van der Waals surface area contributed by atoms with Gasteiger partial charge in [-0.05, 0) is 38.0 Å². The second-order valence-electron chi connectivity index (χ2n) is 7.50. The number of benzene rings is 2. The molecule has 166 valence electrons. The highest BCUT2D eigenvalue weighted by molar-refractivity contribution is 7.97. The number of hydrogen-bond donors (Lipinski definition) is 1. The molecule has 0 saturated heterocycles. The molecule has 7 heteroatoms. The summed E-state index contributed by atoms with van der Waals surface area (Å²) in [6, 6.07) is 9.25. The summed E-state index contributed by atoms with van der Waals surface area (Å²) in [7, 11) is 0. The largest absolute Gasteiger partial charge is 0.483 e. The molecule has 1 saturated carbocycles. The zero-order chi connectivity index (χ0) is 22.2. The topological polar surface area (TPSA) is 61.3 Å². The monoisotopic (exact) mass is 446 g/mol. The number of aromatic nitrogens is 1.